The van der Waals surface area contributed by atoms with E-state index in [2.05, 4.69) is 27.3 Å². The van der Waals surface area contributed by atoms with Crippen molar-refractivity contribution in [1.29, 1.82) is 5.26 Å². The molecular weight excluding hydrogens is 319 g/mol. The van der Waals surface area contributed by atoms with E-state index in [1.54, 1.807) is 11.8 Å². The van der Waals surface area contributed by atoms with Gasteiger partial charge in [-0.2, -0.15) is 17.0 Å². The van der Waals surface area contributed by atoms with Gasteiger partial charge in [-0.3, -0.25) is 4.79 Å². The highest BCUT2D eigenvalue weighted by Gasteiger charge is 2.36. The molecule has 94 valence electrons. The van der Waals surface area contributed by atoms with Crippen LogP contribution in [0.2, 0.25) is 0 Å². The zero-order valence-corrected chi connectivity index (χ0v) is 11.8. The van der Waals surface area contributed by atoms with Crippen LogP contribution in [-0.4, -0.2) is 23.0 Å². The minimum absolute atomic E-state index is 0.336. The second-order valence-corrected chi connectivity index (χ2v) is 6.03. The first-order valence-corrected chi connectivity index (χ1v) is 7.28. The van der Waals surface area contributed by atoms with Crippen LogP contribution in [0.5, 0.6) is 0 Å². The number of amides is 1. The maximum absolute atomic E-state index is 12.9. The van der Waals surface area contributed by atoms with Crippen molar-refractivity contribution in [2.75, 3.05) is 11.5 Å². The van der Waals surface area contributed by atoms with E-state index < -0.39 is 11.4 Å². The largest absolute Gasteiger partial charge is 0.333 e. The molecule has 0 spiro atoms. The second kappa shape index (κ2) is 5.29. The molecule has 0 saturated carbocycles. The first-order chi connectivity index (χ1) is 8.56. The fourth-order valence-corrected chi connectivity index (χ4v) is 3.54. The summed E-state index contributed by atoms with van der Waals surface area (Å²) in [6, 6.07) is 6.03. The van der Waals surface area contributed by atoms with Crippen molar-refractivity contribution >= 4 is 33.6 Å². The zero-order valence-electron chi connectivity index (χ0n) is 9.37. The molecule has 1 saturated heterocycles. The smallest absolute Gasteiger partial charge is 0.253 e. The predicted molar refractivity (Wildman–Crippen MR) is 71.9 cm³/mol. The minimum atomic E-state index is -0.796. The normalized spacial score (nSPS) is 22.5. The quantitative estimate of drug-likeness (QED) is 0.908. The molecule has 2 rings (SSSR count). The van der Waals surface area contributed by atoms with Crippen LogP contribution in [-0.2, 0) is 0 Å². The van der Waals surface area contributed by atoms with E-state index in [9.17, 15) is 14.4 Å². The summed E-state index contributed by atoms with van der Waals surface area (Å²) in [5, 5.41) is 11.9. The lowest BCUT2D eigenvalue weighted by Crippen LogP contribution is -2.47. The third kappa shape index (κ3) is 2.68. The predicted octanol–water partition coefficient (Wildman–Crippen LogP) is 2.72. The summed E-state index contributed by atoms with van der Waals surface area (Å²) in [5.41, 5.74) is -0.460. The highest BCUT2D eigenvalue weighted by atomic mass is 79.9. The van der Waals surface area contributed by atoms with Crippen LogP contribution >= 0.6 is 27.7 Å². The average molecular weight is 329 g/mol. The Bertz CT molecular complexity index is 523. The third-order valence-corrected chi connectivity index (χ3v) is 4.61. The van der Waals surface area contributed by atoms with Gasteiger partial charge in [-0.1, -0.05) is 0 Å². The molecule has 1 heterocycles. The number of nitrogens with one attached hydrogen (secondary N) is 1. The summed E-state index contributed by atoms with van der Waals surface area (Å²) in [7, 11) is 0. The van der Waals surface area contributed by atoms with Gasteiger partial charge in [0.2, 0.25) is 0 Å². The van der Waals surface area contributed by atoms with Gasteiger partial charge in [-0.25, -0.2) is 4.39 Å². The van der Waals surface area contributed by atoms with Gasteiger partial charge in [0.25, 0.3) is 5.91 Å². The van der Waals surface area contributed by atoms with E-state index in [4.69, 9.17) is 0 Å². The SMILES string of the molecule is N#CC1(NC(=O)c2ccc(F)cc2Br)CCSC1. The fourth-order valence-electron chi connectivity index (χ4n) is 1.74. The molecule has 1 aromatic rings. The van der Waals surface area contributed by atoms with E-state index in [0.717, 1.165) is 5.75 Å². The number of rotatable bonds is 2. The standard InChI is InChI=1S/C12H10BrFN2OS/c13-10-5-8(14)1-2-9(10)11(17)16-12(6-15)3-4-18-7-12/h1-2,5H,3-4,7H2,(H,16,17). The van der Waals surface area contributed by atoms with E-state index in [0.29, 0.717) is 22.2 Å². The number of nitrogens with zero attached hydrogens (tertiary/aromatic N) is 1. The van der Waals surface area contributed by atoms with Crippen LogP contribution in [0.25, 0.3) is 0 Å². The molecule has 3 nitrogen and oxygen atoms in total. The van der Waals surface area contributed by atoms with Gasteiger partial charge in [-0.05, 0) is 46.3 Å². The molecule has 0 radical (unpaired) electrons. The van der Waals surface area contributed by atoms with Gasteiger partial charge in [0, 0.05) is 10.2 Å². The van der Waals surface area contributed by atoms with Crippen molar-refractivity contribution in [3.05, 3.63) is 34.1 Å². The van der Waals surface area contributed by atoms with Crippen LogP contribution in [0.3, 0.4) is 0 Å². The highest BCUT2D eigenvalue weighted by molar-refractivity contribution is 9.10. The summed E-state index contributed by atoms with van der Waals surface area (Å²) in [4.78, 5) is 12.1. The number of carbonyl (C=O) groups is 1. The van der Waals surface area contributed by atoms with E-state index in [1.165, 1.54) is 18.2 Å². The van der Waals surface area contributed by atoms with Crippen LogP contribution in [0, 0.1) is 17.1 Å². The number of thioether (sulfide) groups is 1. The number of carbonyl (C=O) groups excluding carboxylic acids is 1. The Labute approximate surface area is 117 Å². The van der Waals surface area contributed by atoms with Crippen LogP contribution in [0.4, 0.5) is 4.39 Å². The molecular formula is C12H10BrFN2OS. The van der Waals surface area contributed by atoms with Gasteiger partial charge in [0.05, 0.1) is 11.6 Å². The Morgan fingerprint density at radius 3 is 2.94 bits per heavy atom. The van der Waals surface area contributed by atoms with E-state index in [-0.39, 0.29) is 5.91 Å². The van der Waals surface area contributed by atoms with Crippen molar-refractivity contribution in [2.24, 2.45) is 0 Å². The second-order valence-electron chi connectivity index (χ2n) is 4.07. The zero-order chi connectivity index (χ0) is 13.2. The lowest BCUT2D eigenvalue weighted by Gasteiger charge is -2.21. The fraction of sp³-hybridized carbons (Fsp3) is 0.333. The number of hydrogen-bond donors (Lipinski definition) is 1. The number of benzene rings is 1. The van der Waals surface area contributed by atoms with Crippen molar-refractivity contribution in [1.82, 2.24) is 5.32 Å². The van der Waals surface area contributed by atoms with Gasteiger partial charge in [0.1, 0.15) is 11.4 Å². The third-order valence-electron chi connectivity index (χ3n) is 2.76. The summed E-state index contributed by atoms with van der Waals surface area (Å²) in [5.74, 6) is 0.683. The first-order valence-electron chi connectivity index (χ1n) is 5.33. The average Bonchev–Trinajstić information content (AvgIpc) is 2.78. The van der Waals surface area contributed by atoms with E-state index in [1.807, 2.05) is 0 Å². The molecule has 1 unspecified atom stereocenters. The maximum Gasteiger partial charge on any atom is 0.253 e. The molecule has 1 N–H and O–H groups in total. The van der Waals surface area contributed by atoms with Gasteiger partial charge >= 0.3 is 0 Å². The Balaban J connectivity index is 2.19. The van der Waals surface area contributed by atoms with Gasteiger partial charge in [-0.15, -0.1) is 0 Å². The molecule has 1 aromatic carbocycles. The molecule has 1 aliphatic rings. The Hall–Kier alpha value is -1.06. The molecule has 1 fully saturated rings. The monoisotopic (exact) mass is 328 g/mol. The Kier molecular flexibility index (Phi) is 3.93. The Morgan fingerprint density at radius 2 is 2.39 bits per heavy atom. The highest BCUT2D eigenvalue weighted by Crippen LogP contribution is 2.28. The number of hydrogen-bond acceptors (Lipinski definition) is 3. The van der Waals surface area contributed by atoms with E-state index >= 15 is 0 Å². The lowest BCUT2D eigenvalue weighted by atomic mass is 10.0. The molecule has 1 atom stereocenters. The van der Waals surface area contributed by atoms with Crippen molar-refractivity contribution in [2.45, 2.75) is 12.0 Å². The molecule has 0 aliphatic carbocycles. The van der Waals surface area contributed by atoms with Gasteiger partial charge < -0.3 is 5.32 Å². The molecule has 0 bridgehead atoms. The van der Waals surface area contributed by atoms with Crippen LogP contribution in [0.15, 0.2) is 22.7 Å². The summed E-state index contributed by atoms with van der Waals surface area (Å²) >= 11 is 4.79. The summed E-state index contributed by atoms with van der Waals surface area (Å²) in [6.45, 7) is 0. The molecule has 6 heteroatoms. The van der Waals surface area contributed by atoms with Crippen molar-refractivity contribution in [3.8, 4) is 6.07 Å². The minimum Gasteiger partial charge on any atom is -0.333 e. The lowest BCUT2D eigenvalue weighted by molar-refractivity contribution is 0.0925. The maximum atomic E-state index is 12.9. The topological polar surface area (TPSA) is 52.9 Å². The number of halogens is 2. The van der Waals surface area contributed by atoms with Crippen LogP contribution in [0.1, 0.15) is 16.8 Å². The first kappa shape index (κ1) is 13.4. The molecule has 0 aromatic heterocycles. The molecule has 18 heavy (non-hydrogen) atoms. The van der Waals surface area contributed by atoms with Crippen molar-refractivity contribution < 1.29 is 9.18 Å². The van der Waals surface area contributed by atoms with Crippen molar-refractivity contribution in [3.63, 3.8) is 0 Å². The Morgan fingerprint density at radius 1 is 1.61 bits per heavy atom. The molecule has 1 aliphatic heterocycles. The summed E-state index contributed by atoms with van der Waals surface area (Å²) in [6.07, 6.45) is 0.638. The summed E-state index contributed by atoms with van der Waals surface area (Å²) < 4.78 is 13.3. The molecule has 1 amide bonds. The number of nitriles is 1. The van der Waals surface area contributed by atoms with Gasteiger partial charge in [0.15, 0.2) is 0 Å². The van der Waals surface area contributed by atoms with Crippen LogP contribution < -0.4 is 5.32 Å².